The Morgan fingerprint density at radius 3 is 3.14 bits per heavy atom. The van der Waals surface area contributed by atoms with Crippen LogP contribution in [0.5, 0.6) is 0 Å². The van der Waals surface area contributed by atoms with Crippen molar-refractivity contribution in [2.24, 2.45) is 0 Å². The Kier molecular flexibility index (Phi) is 4.29. The largest absolute Gasteiger partial charge is 0.342 e. The molecule has 4 nitrogen and oxygen atoms in total. The summed E-state index contributed by atoms with van der Waals surface area (Å²) >= 11 is 1.65. The third kappa shape index (κ3) is 3.47. The van der Waals surface area contributed by atoms with E-state index < -0.39 is 0 Å². The predicted octanol–water partition coefficient (Wildman–Crippen LogP) is 2.80. The third-order valence-electron chi connectivity index (χ3n) is 3.90. The summed E-state index contributed by atoms with van der Waals surface area (Å²) < 4.78 is 0. The minimum absolute atomic E-state index is 0.230. The van der Waals surface area contributed by atoms with Crippen LogP contribution in [0.2, 0.25) is 0 Å². The van der Waals surface area contributed by atoms with Crippen LogP contribution in [-0.2, 0) is 11.2 Å². The number of nitrogens with zero attached hydrogens (tertiary/aromatic N) is 3. The average molecular weight is 301 g/mol. The molecule has 1 atom stereocenters. The summed E-state index contributed by atoms with van der Waals surface area (Å²) in [7, 11) is 0. The van der Waals surface area contributed by atoms with E-state index in [0.29, 0.717) is 12.3 Å². The molecule has 110 valence electrons. The third-order valence-corrected chi connectivity index (χ3v) is 4.77. The number of amides is 1. The van der Waals surface area contributed by atoms with E-state index in [1.807, 2.05) is 41.6 Å². The molecule has 0 aliphatic carbocycles. The van der Waals surface area contributed by atoms with Crippen LogP contribution in [0.1, 0.15) is 35.2 Å². The van der Waals surface area contributed by atoms with Crippen molar-refractivity contribution in [2.75, 3.05) is 13.1 Å². The van der Waals surface area contributed by atoms with Gasteiger partial charge in [-0.15, -0.1) is 11.3 Å². The molecule has 1 amide bonds. The highest BCUT2D eigenvalue weighted by molar-refractivity contribution is 7.10. The van der Waals surface area contributed by atoms with Crippen LogP contribution >= 0.6 is 11.3 Å². The minimum Gasteiger partial charge on any atom is -0.342 e. The lowest BCUT2D eigenvalue weighted by atomic mass is 9.94. The van der Waals surface area contributed by atoms with E-state index in [1.54, 1.807) is 11.3 Å². The van der Waals surface area contributed by atoms with E-state index in [1.165, 1.54) is 0 Å². The monoisotopic (exact) mass is 301 g/mol. The van der Waals surface area contributed by atoms with E-state index in [0.717, 1.165) is 42.3 Å². The summed E-state index contributed by atoms with van der Waals surface area (Å²) in [6, 6.07) is 6.00. The van der Waals surface area contributed by atoms with Crippen LogP contribution < -0.4 is 0 Å². The van der Waals surface area contributed by atoms with E-state index >= 15 is 0 Å². The number of hydrogen-bond donors (Lipinski definition) is 0. The number of aromatic nitrogens is 2. The van der Waals surface area contributed by atoms with Gasteiger partial charge in [-0.05, 0) is 37.3 Å². The van der Waals surface area contributed by atoms with Gasteiger partial charge in [-0.2, -0.15) is 0 Å². The number of thiophene rings is 1. The maximum Gasteiger partial charge on any atom is 0.227 e. The fourth-order valence-electron chi connectivity index (χ4n) is 2.82. The number of carbonyl (C=O) groups is 1. The Hall–Kier alpha value is -1.75. The van der Waals surface area contributed by atoms with Crippen LogP contribution in [0.25, 0.3) is 0 Å². The topological polar surface area (TPSA) is 46.1 Å². The van der Waals surface area contributed by atoms with Crippen molar-refractivity contribution in [3.05, 3.63) is 46.2 Å². The fourth-order valence-corrected chi connectivity index (χ4v) is 3.52. The summed E-state index contributed by atoms with van der Waals surface area (Å²) in [5.74, 6) is 1.37. The first-order valence-corrected chi connectivity index (χ1v) is 8.20. The number of rotatable bonds is 3. The van der Waals surface area contributed by atoms with Gasteiger partial charge in [0.2, 0.25) is 5.91 Å². The zero-order chi connectivity index (χ0) is 14.7. The van der Waals surface area contributed by atoms with Crippen LogP contribution in [-0.4, -0.2) is 33.9 Å². The van der Waals surface area contributed by atoms with Crippen molar-refractivity contribution in [2.45, 2.75) is 32.1 Å². The van der Waals surface area contributed by atoms with Crippen LogP contribution in [0.15, 0.2) is 29.8 Å². The second-order valence-corrected chi connectivity index (χ2v) is 6.50. The number of hydrogen-bond acceptors (Lipinski definition) is 4. The van der Waals surface area contributed by atoms with E-state index in [4.69, 9.17) is 0 Å². The van der Waals surface area contributed by atoms with Gasteiger partial charge in [0.05, 0.1) is 6.42 Å². The molecule has 1 fully saturated rings. The Bertz CT molecular complexity index is 612. The maximum absolute atomic E-state index is 12.4. The van der Waals surface area contributed by atoms with Gasteiger partial charge >= 0.3 is 0 Å². The lowest BCUT2D eigenvalue weighted by Crippen LogP contribution is -2.40. The second kappa shape index (κ2) is 6.35. The van der Waals surface area contributed by atoms with Crippen LogP contribution in [0.3, 0.4) is 0 Å². The molecule has 0 saturated carbocycles. The lowest BCUT2D eigenvalue weighted by Gasteiger charge is -2.32. The van der Waals surface area contributed by atoms with Gasteiger partial charge in [0, 0.05) is 35.8 Å². The molecule has 2 aromatic heterocycles. The number of likely N-dealkylation sites (tertiary alicyclic amines) is 1. The van der Waals surface area contributed by atoms with E-state index in [-0.39, 0.29) is 5.91 Å². The maximum atomic E-state index is 12.4. The average Bonchev–Trinajstić information content (AvgIpc) is 3.00. The molecule has 1 aliphatic rings. The molecule has 0 bridgehead atoms. The highest BCUT2D eigenvalue weighted by atomic mass is 32.1. The standard InChI is InChI=1S/C16H19N3OS/c1-12-17-7-6-15(18-12)13-4-2-8-19(11-13)16(20)10-14-5-3-9-21-14/h3,5-7,9,13H,2,4,8,10-11H2,1H3. The van der Waals surface area contributed by atoms with Gasteiger partial charge in [-0.25, -0.2) is 9.97 Å². The van der Waals surface area contributed by atoms with Crippen molar-refractivity contribution < 1.29 is 4.79 Å². The molecule has 0 spiro atoms. The zero-order valence-corrected chi connectivity index (χ0v) is 13.0. The summed E-state index contributed by atoms with van der Waals surface area (Å²) in [6.07, 6.45) is 4.47. The van der Waals surface area contributed by atoms with Gasteiger partial charge in [0.25, 0.3) is 0 Å². The molecule has 0 radical (unpaired) electrons. The quantitative estimate of drug-likeness (QED) is 0.876. The summed E-state index contributed by atoms with van der Waals surface area (Å²) in [5.41, 5.74) is 1.07. The molecule has 2 aromatic rings. The minimum atomic E-state index is 0.230. The Morgan fingerprint density at radius 1 is 1.48 bits per heavy atom. The molecular weight excluding hydrogens is 282 g/mol. The highest BCUT2D eigenvalue weighted by Crippen LogP contribution is 2.26. The van der Waals surface area contributed by atoms with Gasteiger partial charge in [0.15, 0.2) is 0 Å². The van der Waals surface area contributed by atoms with Gasteiger partial charge in [-0.1, -0.05) is 6.07 Å². The molecule has 5 heteroatoms. The Labute approximate surface area is 128 Å². The molecule has 21 heavy (non-hydrogen) atoms. The molecule has 0 aromatic carbocycles. The van der Waals surface area contributed by atoms with Crippen molar-refractivity contribution >= 4 is 17.2 Å². The molecule has 3 heterocycles. The van der Waals surface area contributed by atoms with Crippen LogP contribution in [0, 0.1) is 6.92 Å². The van der Waals surface area contributed by atoms with Crippen molar-refractivity contribution in [1.82, 2.24) is 14.9 Å². The molecule has 0 N–H and O–H groups in total. The van der Waals surface area contributed by atoms with Gasteiger partial charge in [-0.3, -0.25) is 4.79 Å². The Morgan fingerprint density at radius 2 is 2.38 bits per heavy atom. The molecular formula is C16H19N3OS. The Balaban J connectivity index is 1.66. The summed E-state index contributed by atoms with van der Waals surface area (Å²) in [4.78, 5) is 24.2. The summed E-state index contributed by atoms with van der Waals surface area (Å²) in [5, 5.41) is 2.02. The SMILES string of the molecule is Cc1nccc(C2CCCN(C(=O)Cc3cccs3)C2)n1. The van der Waals surface area contributed by atoms with E-state index in [9.17, 15) is 4.79 Å². The highest BCUT2D eigenvalue weighted by Gasteiger charge is 2.25. The smallest absolute Gasteiger partial charge is 0.227 e. The van der Waals surface area contributed by atoms with Gasteiger partial charge in [0.1, 0.15) is 5.82 Å². The second-order valence-electron chi connectivity index (χ2n) is 5.46. The van der Waals surface area contributed by atoms with E-state index in [2.05, 4.69) is 9.97 Å². The molecule has 1 saturated heterocycles. The number of aryl methyl sites for hydroxylation is 1. The molecule has 1 unspecified atom stereocenters. The number of carbonyl (C=O) groups excluding carboxylic acids is 1. The van der Waals surface area contributed by atoms with Crippen molar-refractivity contribution in [3.63, 3.8) is 0 Å². The molecule has 1 aliphatic heterocycles. The predicted molar refractivity (Wildman–Crippen MR) is 83.3 cm³/mol. The van der Waals surface area contributed by atoms with Crippen molar-refractivity contribution in [3.8, 4) is 0 Å². The first-order chi connectivity index (χ1) is 10.2. The van der Waals surface area contributed by atoms with Crippen LogP contribution in [0.4, 0.5) is 0 Å². The lowest BCUT2D eigenvalue weighted by molar-refractivity contribution is -0.131. The first-order valence-electron chi connectivity index (χ1n) is 7.32. The zero-order valence-electron chi connectivity index (χ0n) is 12.2. The normalized spacial score (nSPS) is 18.7. The van der Waals surface area contributed by atoms with Gasteiger partial charge < -0.3 is 4.90 Å². The van der Waals surface area contributed by atoms with Crippen molar-refractivity contribution in [1.29, 1.82) is 0 Å². The summed E-state index contributed by atoms with van der Waals surface area (Å²) in [6.45, 7) is 3.55. The first kappa shape index (κ1) is 14.2. The fraction of sp³-hybridized carbons (Fsp3) is 0.438. The molecule has 3 rings (SSSR count). The number of piperidine rings is 1.